The van der Waals surface area contributed by atoms with Crippen molar-refractivity contribution in [1.82, 2.24) is 4.90 Å². The fraction of sp³-hybridized carbons (Fsp3) is 0.533. The van der Waals surface area contributed by atoms with Crippen LogP contribution in [0.4, 0.5) is 4.39 Å². The topological polar surface area (TPSA) is 64.8 Å². The van der Waals surface area contributed by atoms with Crippen LogP contribution in [0, 0.1) is 11.7 Å². The number of likely N-dealkylation sites (tertiary alicyclic amines) is 1. The summed E-state index contributed by atoms with van der Waals surface area (Å²) in [6.07, 6.45) is 1.76. The Labute approximate surface area is 122 Å². The highest BCUT2D eigenvalue weighted by molar-refractivity contribution is 5.76. The lowest BCUT2D eigenvalue weighted by Gasteiger charge is -2.32. The number of nitrogens with zero attached hydrogens (tertiary/aromatic N) is 1. The molecule has 114 valence electrons. The van der Waals surface area contributed by atoms with Crippen LogP contribution >= 0.6 is 0 Å². The average molecular weight is 294 g/mol. The molecule has 0 radical (unpaired) electrons. The van der Waals surface area contributed by atoms with Crippen molar-refractivity contribution in [3.63, 3.8) is 0 Å². The van der Waals surface area contributed by atoms with E-state index in [1.54, 1.807) is 0 Å². The molecule has 0 spiro atoms. The summed E-state index contributed by atoms with van der Waals surface area (Å²) >= 11 is 0. The number of halogens is 1. The number of rotatable bonds is 3. The lowest BCUT2D eigenvalue weighted by molar-refractivity contribution is -0.123. The highest BCUT2D eigenvalue weighted by Gasteiger charge is 2.25. The van der Waals surface area contributed by atoms with Crippen LogP contribution in [0.15, 0.2) is 12.1 Å². The molecule has 0 bridgehead atoms. The van der Waals surface area contributed by atoms with E-state index in [0.29, 0.717) is 25.4 Å². The van der Waals surface area contributed by atoms with Crippen LogP contribution < -0.4 is 10.5 Å². The highest BCUT2D eigenvalue weighted by atomic mass is 19.1. The van der Waals surface area contributed by atoms with Gasteiger partial charge < -0.3 is 15.2 Å². The first-order valence-corrected chi connectivity index (χ1v) is 7.17. The number of benzene rings is 1. The molecule has 1 aromatic carbocycles. The number of carbonyl (C=O) groups is 1. The zero-order valence-corrected chi connectivity index (χ0v) is 11.8. The third-order valence-electron chi connectivity index (χ3n) is 4.05. The molecule has 0 aromatic heterocycles. The fourth-order valence-corrected chi connectivity index (χ4v) is 3.05. The van der Waals surface area contributed by atoms with Gasteiger partial charge in [-0.15, -0.1) is 0 Å². The Balaban J connectivity index is 1.78. The second-order valence-electron chi connectivity index (χ2n) is 5.64. The Hall–Kier alpha value is -1.66. The third kappa shape index (κ3) is 3.16. The van der Waals surface area contributed by atoms with E-state index in [1.807, 2.05) is 0 Å². The lowest BCUT2D eigenvalue weighted by atomic mass is 9.96. The summed E-state index contributed by atoms with van der Waals surface area (Å²) in [6, 6.07) is 2.94. The summed E-state index contributed by atoms with van der Waals surface area (Å²) in [6.45, 7) is 2.62. The predicted octanol–water partition coefficient (Wildman–Crippen LogP) is 1.39. The number of hydrogen-bond acceptors (Lipinski definition) is 4. The largest absolute Gasteiger partial charge is 0.467 e. The Morgan fingerprint density at radius 1 is 1.48 bits per heavy atom. The summed E-state index contributed by atoms with van der Waals surface area (Å²) < 4.78 is 24.4. The van der Waals surface area contributed by atoms with Gasteiger partial charge in [-0.2, -0.15) is 0 Å². The van der Waals surface area contributed by atoms with Gasteiger partial charge in [0.1, 0.15) is 11.6 Å². The van der Waals surface area contributed by atoms with Crippen LogP contribution in [0.2, 0.25) is 0 Å². The molecular formula is C15H19FN2O3. The van der Waals surface area contributed by atoms with Crippen molar-refractivity contribution >= 4 is 5.91 Å². The van der Waals surface area contributed by atoms with E-state index in [-0.39, 0.29) is 24.4 Å². The van der Waals surface area contributed by atoms with Crippen LogP contribution in [0.3, 0.4) is 0 Å². The Morgan fingerprint density at radius 3 is 3.14 bits per heavy atom. The smallest absolute Gasteiger partial charge is 0.221 e. The van der Waals surface area contributed by atoms with Crippen molar-refractivity contribution in [2.45, 2.75) is 26.0 Å². The van der Waals surface area contributed by atoms with Crippen LogP contribution in [-0.2, 0) is 22.7 Å². The van der Waals surface area contributed by atoms with E-state index in [1.165, 1.54) is 12.1 Å². The molecule has 3 rings (SSSR count). The number of ether oxygens (including phenoxy) is 2. The molecule has 21 heavy (non-hydrogen) atoms. The molecule has 5 nitrogen and oxygen atoms in total. The maximum atomic E-state index is 13.7. The molecule has 1 amide bonds. The first-order valence-electron chi connectivity index (χ1n) is 7.17. The molecule has 0 unspecified atom stereocenters. The first-order chi connectivity index (χ1) is 10.1. The minimum atomic E-state index is -0.290. The molecule has 6 heteroatoms. The molecule has 2 aliphatic heterocycles. The summed E-state index contributed by atoms with van der Waals surface area (Å²) in [5.74, 6) is 0.0446. The van der Waals surface area contributed by atoms with E-state index in [4.69, 9.17) is 15.2 Å². The monoisotopic (exact) mass is 294 g/mol. The maximum absolute atomic E-state index is 13.7. The summed E-state index contributed by atoms with van der Waals surface area (Å²) in [5.41, 5.74) is 6.93. The highest BCUT2D eigenvalue weighted by Crippen LogP contribution is 2.31. The summed E-state index contributed by atoms with van der Waals surface area (Å²) in [4.78, 5) is 13.5. The summed E-state index contributed by atoms with van der Waals surface area (Å²) in [5, 5.41) is 0. The van der Waals surface area contributed by atoms with Gasteiger partial charge in [0.25, 0.3) is 0 Å². The van der Waals surface area contributed by atoms with Crippen LogP contribution in [-0.4, -0.2) is 30.7 Å². The lowest BCUT2D eigenvalue weighted by Crippen LogP contribution is -2.40. The molecule has 1 atom stereocenters. The van der Waals surface area contributed by atoms with Gasteiger partial charge in [-0.1, -0.05) is 0 Å². The van der Waals surface area contributed by atoms with Gasteiger partial charge in [-0.3, -0.25) is 9.69 Å². The Bertz CT molecular complexity index is 550. The third-order valence-corrected chi connectivity index (χ3v) is 4.05. The van der Waals surface area contributed by atoms with Crippen molar-refractivity contribution in [3.05, 3.63) is 29.1 Å². The number of hydrogen-bond donors (Lipinski definition) is 1. The van der Waals surface area contributed by atoms with E-state index in [2.05, 4.69) is 4.90 Å². The zero-order chi connectivity index (χ0) is 14.8. The van der Waals surface area contributed by atoms with Crippen molar-refractivity contribution in [2.75, 3.05) is 19.9 Å². The van der Waals surface area contributed by atoms with Gasteiger partial charge in [-0.05, 0) is 31.5 Å². The molecule has 1 saturated heterocycles. The number of fused-ring (bicyclic) bond motifs is 1. The van der Waals surface area contributed by atoms with E-state index < -0.39 is 0 Å². The van der Waals surface area contributed by atoms with Crippen LogP contribution in [0.25, 0.3) is 0 Å². The number of nitrogens with two attached hydrogens (primary N) is 1. The van der Waals surface area contributed by atoms with Crippen LogP contribution in [0.1, 0.15) is 24.0 Å². The van der Waals surface area contributed by atoms with E-state index in [0.717, 1.165) is 30.5 Å². The molecule has 2 heterocycles. The SMILES string of the molecule is NC(=O)[C@@H]1CCCN(Cc2cc(F)cc3c2OCOC3)C1. The molecule has 1 aromatic rings. The molecule has 2 N–H and O–H groups in total. The van der Waals surface area contributed by atoms with Crippen molar-refractivity contribution in [1.29, 1.82) is 0 Å². The van der Waals surface area contributed by atoms with Crippen molar-refractivity contribution < 1.29 is 18.7 Å². The predicted molar refractivity (Wildman–Crippen MR) is 73.9 cm³/mol. The van der Waals surface area contributed by atoms with Crippen LogP contribution in [0.5, 0.6) is 5.75 Å². The van der Waals surface area contributed by atoms with Gasteiger partial charge in [0.2, 0.25) is 5.91 Å². The minimum absolute atomic E-state index is 0.118. The Morgan fingerprint density at radius 2 is 2.33 bits per heavy atom. The van der Waals surface area contributed by atoms with Gasteiger partial charge >= 0.3 is 0 Å². The quantitative estimate of drug-likeness (QED) is 0.915. The van der Waals surface area contributed by atoms with Gasteiger partial charge in [-0.25, -0.2) is 4.39 Å². The Kier molecular flexibility index (Phi) is 4.07. The maximum Gasteiger partial charge on any atom is 0.221 e. The number of carbonyl (C=O) groups excluding carboxylic acids is 1. The van der Waals surface area contributed by atoms with Gasteiger partial charge in [0, 0.05) is 24.2 Å². The van der Waals surface area contributed by atoms with E-state index in [9.17, 15) is 9.18 Å². The van der Waals surface area contributed by atoms with E-state index >= 15 is 0 Å². The average Bonchev–Trinajstić information content (AvgIpc) is 2.47. The normalized spacial score (nSPS) is 22.4. The van der Waals surface area contributed by atoms with Crippen molar-refractivity contribution in [3.8, 4) is 5.75 Å². The second-order valence-corrected chi connectivity index (χ2v) is 5.64. The standard InChI is InChI=1S/C15H19FN2O3/c16-13-4-11(14-12(5-13)8-20-9-21-14)7-18-3-1-2-10(6-18)15(17)19/h4-5,10H,1-3,6-9H2,(H2,17,19)/t10-/m1/s1. The van der Waals surface area contributed by atoms with Crippen molar-refractivity contribution in [2.24, 2.45) is 11.7 Å². The number of piperidine rings is 1. The fourth-order valence-electron chi connectivity index (χ4n) is 3.05. The van der Waals surface area contributed by atoms with Gasteiger partial charge in [0.15, 0.2) is 6.79 Å². The first kappa shape index (κ1) is 14.3. The molecule has 0 saturated carbocycles. The number of primary amides is 1. The molecule has 1 fully saturated rings. The minimum Gasteiger partial charge on any atom is -0.467 e. The molecule has 0 aliphatic carbocycles. The van der Waals surface area contributed by atoms with Gasteiger partial charge in [0.05, 0.1) is 12.5 Å². The number of amides is 1. The second kappa shape index (κ2) is 5.99. The molecule has 2 aliphatic rings. The zero-order valence-electron chi connectivity index (χ0n) is 11.8. The summed E-state index contributed by atoms with van der Waals surface area (Å²) in [7, 11) is 0. The molecular weight excluding hydrogens is 275 g/mol.